The molecular formula is C39H50O5. The van der Waals surface area contributed by atoms with Crippen LogP contribution in [0.15, 0.2) is 85.5 Å². The van der Waals surface area contributed by atoms with Crippen LogP contribution in [0.5, 0.6) is 11.5 Å². The lowest BCUT2D eigenvalue weighted by Gasteiger charge is -2.13. The minimum absolute atomic E-state index is 0.126. The van der Waals surface area contributed by atoms with E-state index in [1.807, 2.05) is 49.4 Å². The first-order chi connectivity index (χ1) is 21.5. The van der Waals surface area contributed by atoms with Gasteiger partial charge in [0.05, 0.1) is 23.8 Å². The molecule has 3 rings (SSSR count). The van der Waals surface area contributed by atoms with Crippen LogP contribution < -0.4 is 9.47 Å². The van der Waals surface area contributed by atoms with Crippen molar-refractivity contribution in [3.8, 4) is 22.6 Å². The summed E-state index contributed by atoms with van der Waals surface area (Å²) in [5, 5.41) is 0. The third-order valence-electron chi connectivity index (χ3n) is 7.70. The highest BCUT2D eigenvalue weighted by Gasteiger charge is 2.14. The van der Waals surface area contributed by atoms with E-state index in [0.29, 0.717) is 16.9 Å². The number of carbonyl (C=O) groups excluding carboxylic acids is 2. The minimum Gasteiger partial charge on any atom is -0.494 e. The van der Waals surface area contributed by atoms with Gasteiger partial charge in [-0.25, -0.2) is 9.59 Å². The molecule has 0 aliphatic heterocycles. The standard InChI is InChI=1S/C39H50O5/c1-4-6-8-10-11-12-13-14-16-30-42-36-26-22-33(23-27-36)32-18-20-34(21-19-32)39(41)44-37-28-24-35(25-29-37)38(40)43-31(3)17-15-9-7-5-2/h4,18-29,31H,1,5-17,30H2,2-3H3/t31-/m0/s1. The highest BCUT2D eigenvalue weighted by molar-refractivity contribution is 5.92. The Morgan fingerprint density at radius 3 is 1.82 bits per heavy atom. The Bertz CT molecular complexity index is 1250. The number of rotatable bonds is 21. The van der Waals surface area contributed by atoms with E-state index in [1.165, 1.54) is 51.4 Å². The van der Waals surface area contributed by atoms with Crippen molar-refractivity contribution >= 4 is 11.9 Å². The third kappa shape index (κ3) is 12.8. The van der Waals surface area contributed by atoms with E-state index in [4.69, 9.17) is 14.2 Å². The zero-order valence-corrected chi connectivity index (χ0v) is 26.7. The van der Waals surface area contributed by atoms with Gasteiger partial charge in [0, 0.05) is 0 Å². The molecule has 0 spiro atoms. The number of hydrogen-bond acceptors (Lipinski definition) is 5. The molecular weight excluding hydrogens is 548 g/mol. The van der Waals surface area contributed by atoms with E-state index >= 15 is 0 Å². The molecule has 0 bridgehead atoms. The van der Waals surface area contributed by atoms with E-state index < -0.39 is 5.97 Å². The molecule has 5 heteroatoms. The van der Waals surface area contributed by atoms with Crippen LogP contribution in [0.1, 0.15) is 118 Å². The Balaban J connectivity index is 1.39. The lowest BCUT2D eigenvalue weighted by Crippen LogP contribution is -2.15. The predicted octanol–water partition coefficient (Wildman–Crippen LogP) is 10.8. The van der Waals surface area contributed by atoms with Crippen LogP contribution in [0.3, 0.4) is 0 Å². The number of allylic oxidation sites excluding steroid dienone is 1. The normalized spacial score (nSPS) is 11.5. The molecule has 0 saturated carbocycles. The van der Waals surface area contributed by atoms with Gasteiger partial charge in [-0.1, -0.05) is 88.6 Å². The zero-order chi connectivity index (χ0) is 31.4. The second kappa shape index (κ2) is 20.2. The van der Waals surface area contributed by atoms with Crippen LogP contribution in [-0.2, 0) is 4.74 Å². The SMILES string of the molecule is C=CCCCCCCCCCOc1ccc(-c2ccc(C(=O)Oc3ccc(C(=O)O[C@@H](C)CCCCCC)cc3)cc2)cc1. The number of hydrogen-bond donors (Lipinski definition) is 0. The summed E-state index contributed by atoms with van der Waals surface area (Å²) in [6.45, 7) is 8.61. The van der Waals surface area contributed by atoms with Gasteiger partial charge in [0.1, 0.15) is 11.5 Å². The highest BCUT2D eigenvalue weighted by Crippen LogP contribution is 2.24. The lowest BCUT2D eigenvalue weighted by molar-refractivity contribution is 0.0319. The maximum absolute atomic E-state index is 12.7. The van der Waals surface area contributed by atoms with Gasteiger partial charge in [-0.3, -0.25) is 0 Å². The fourth-order valence-electron chi connectivity index (χ4n) is 5.00. The van der Waals surface area contributed by atoms with Crippen molar-refractivity contribution in [1.29, 1.82) is 0 Å². The fourth-order valence-corrected chi connectivity index (χ4v) is 5.00. The van der Waals surface area contributed by atoms with Crippen molar-refractivity contribution < 1.29 is 23.8 Å². The van der Waals surface area contributed by atoms with Gasteiger partial charge >= 0.3 is 11.9 Å². The molecule has 0 heterocycles. The van der Waals surface area contributed by atoms with Crippen LogP contribution in [0.2, 0.25) is 0 Å². The fraction of sp³-hybridized carbons (Fsp3) is 0.436. The molecule has 236 valence electrons. The van der Waals surface area contributed by atoms with Gasteiger partial charge < -0.3 is 14.2 Å². The second-order valence-corrected chi connectivity index (χ2v) is 11.5. The number of carbonyl (C=O) groups is 2. The molecule has 0 saturated heterocycles. The molecule has 0 radical (unpaired) electrons. The van der Waals surface area contributed by atoms with Gasteiger partial charge in [-0.15, -0.1) is 6.58 Å². The topological polar surface area (TPSA) is 61.8 Å². The first kappa shape index (κ1) is 34.6. The summed E-state index contributed by atoms with van der Waals surface area (Å²) in [6.07, 6.45) is 17.2. The van der Waals surface area contributed by atoms with E-state index in [-0.39, 0.29) is 12.1 Å². The van der Waals surface area contributed by atoms with Gasteiger partial charge in [0.25, 0.3) is 0 Å². The second-order valence-electron chi connectivity index (χ2n) is 11.5. The Labute approximate surface area is 264 Å². The average Bonchev–Trinajstić information content (AvgIpc) is 3.04. The Hall–Kier alpha value is -3.86. The molecule has 3 aromatic carbocycles. The van der Waals surface area contributed by atoms with Gasteiger partial charge in [0.2, 0.25) is 0 Å². The van der Waals surface area contributed by atoms with E-state index in [0.717, 1.165) is 55.6 Å². The third-order valence-corrected chi connectivity index (χ3v) is 7.70. The summed E-state index contributed by atoms with van der Waals surface area (Å²) in [7, 11) is 0. The van der Waals surface area contributed by atoms with Crippen molar-refractivity contribution in [3.63, 3.8) is 0 Å². The molecule has 0 aromatic heterocycles. The van der Waals surface area contributed by atoms with Crippen molar-refractivity contribution in [1.82, 2.24) is 0 Å². The summed E-state index contributed by atoms with van der Waals surface area (Å²) < 4.78 is 17.0. The monoisotopic (exact) mass is 598 g/mol. The maximum atomic E-state index is 12.7. The Morgan fingerprint density at radius 2 is 1.18 bits per heavy atom. The van der Waals surface area contributed by atoms with Crippen LogP contribution in [0, 0.1) is 0 Å². The van der Waals surface area contributed by atoms with Crippen molar-refractivity contribution in [2.75, 3.05) is 6.61 Å². The first-order valence-electron chi connectivity index (χ1n) is 16.5. The Kier molecular flexibility index (Phi) is 15.9. The molecule has 5 nitrogen and oxygen atoms in total. The molecule has 1 atom stereocenters. The van der Waals surface area contributed by atoms with E-state index in [2.05, 4.69) is 13.5 Å². The molecule has 0 unspecified atom stereocenters. The molecule has 0 aliphatic rings. The maximum Gasteiger partial charge on any atom is 0.343 e. The summed E-state index contributed by atoms with van der Waals surface area (Å²) >= 11 is 0. The summed E-state index contributed by atoms with van der Waals surface area (Å²) in [6, 6.07) is 21.9. The molecule has 0 fully saturated rings. The molecule has 0 aliphatic carbocycles. The van der Waals surface area contributed by atoms with Crippen molar-refractivity contribution in [3.05, 3.63) is 96.6 Å². The van der Waals surface area contributed by atoms with Crippen molar-refractivity contribution in [2.45, 2.75) is 103 Å². The van der Waals surface area contributed by atoms with Crippen molar-refractivity contribution in [2.24, 2.45) is 0 Å². The predicted molar refractivity (Wildman–Crippen MR) is 180 cm³/mol. The Morgan fingerprint density at radius 1 is 0.659 bits per heavy atom. The van der Waals surface area contributed by atoms with Gasteiger partial charge in [-0.05, 0) is 98.7 Å². The molecule has 0 N–H and O–H groups in total. The minimum atomic E-state index is -0.455. The van der Waals surface area contributed by atoms with Crippen LogP contribution in [-0.4, -0.2) is 24.6 Å². The van der Waals surface area contributed by atoms with E-state index in [9.17, 15) is 9.59 Å². The first-order valence-corrected chi connectivity index (χ1v) is 16.5. The number of ether oxygens (including phenoxy) is 3. The summed E-state index contributed by atoms with van der Waals surface area (Å²) in [5.74, 6) is 0.425. The zero-order valence-electron chi connectivity index (χ0n) is 26.7. The van der Waals surface area contributed by atoms with Gasteiger partial charge in [0.15, 0.2) is 0 Å². The number of esters is 2. The van der Waals surface area contributed by atoms with Crippen LogP contribution in [0.25, 0.3) is 11.1 Å². The highest BCUT2D eigenvalue weighted by atomic mass is 16.5. The number of unbranched alkanes of at least 4 members (excludes halogenated alkanes) is 10. The lowest BCUT2D eigenvalue weighted by atomic mass is 10.0. The summed E-state index contributed by atoms with van der Waals surface area (Å²) in [4.78, 5) is 25.2. The quantitative estimate of drug-likeness (QED) is 0.0528. The van der Waals surface area contributed by atoms with Crippen LogP contribution in [0.4, 0.5) is 0 Å². The summed E-state index contributed by atoms with van der Waals surface area (Å²) in [5.41, 5.74) is 2.94. The molecule has 0 amide bonds. The van der Waals surface area contributed by atoms with Gasteiger partial charge in [-0.2, -0.15) is 0 Å². The average molecular weight is 599 g/mol. The number of benzene rings is 3. The van der Waals surface area contributed by atoms with E-state index in [1.54, 1.807) is 36.4 Å². The van der Waals surface area contributed by atoms with Crippen LogP contribution >= 0.6 is 0 Å². The smallest absolute Gasteiger partial charge is 0.343 e. The molecule has 3 aromatic rings. The largest absolute Gasteiger partial charge is 0.494 e. The molecule has 44 heavy (non-hydrogen) atoms.